The molecule has 0 saturated carbocycles. The molecule has 0 rings (SSSR count). The summed E-state index contributed by atoms with van der Waals surface area (Å²) in [5.74, 6) is -1.60. The predicted octanol–water partition coefficient (Wildman–Crippen LogP) is 0.171. The number of nitrogens with zero attached hydrogens (tertiary/aromatic N) is 1. The first-order valence-electron chi connectivity index (χ1n) is 3.50. The average Bonchev–Trinajstić information content (AvgIpc) is 2.13. The van der Waals surface area contributed by atoms with Gasteiger partial charge in [0.2, 0.25) is 0 Å². The van der Waals surface area contributed by atoms with Gasteiger partial charge in [0.25, 0.3) is 0 Å². The number of hydrogen-bond donors (Lipinski definition) is 0. The highest BCUT2D eigenvalue weighted by Gasteiger charge is 2.09. The first-order chi connectivity index (χ1) is 6.10. The van der Waals surface area contributed by atoms with E-state index in [0.717, 1.165) is 6.08 Å². The van der Waals surface area contributed by atoms with Crippen molar-refractivity contribution in [2.24, 2.45) is 0 Å². The third-order valence-electron chi connectivity index (χ3n) is 1.03. The Morgan fingerprint density at radius 2 is 2.31 bits per heavy atom. The summed E-state index contributed by atoms with van der Waals surface area (Å²) in [6.07, 6.45) is 0.370. The molecule has 0 saturated heterocycles. The lowest BCUT2D eigenvalue weighted by molar-refractivity contribution is -0.151. The summed E-state index contributed by atoms with van der Waals surface area (Å²) in [4.78, 5) is 20.9. The van der Waals surface area contributed by atoms with Crippen LogP contribution in [0.4, 0.5) is 0 Å². The molecule has 0 spiro atoms. The Morgan fingerprint density at radius 1 is 1.69 bits per heavy atom. The zero-order chi connectivity index (χ0) is 10.3. The zero-order valence-electron chi connectivity index (χ0n) is 7.15. The Balaban J connectivity index is 3.70. The number of rotatable bonds is 4. The van der Waals surface area contributed by atoms with Crippen molar-refractivity contribution in [3.05, 3.63) is 12.7 Å². The second kappa shape index (κ2) is 5.77. The maximum atomic E-state index is 10.5. The number of nitriles is 1. The Hall–Kier alpha value is -1.83. The summed E-state index contributed by atoms with van der Waals surface area (Å²) in [5.41, 5.74) is 0. The maximum absolute atomic E-state index is 10.5. The molecule has 13 heavy (non-hydrogen) atoms. The molecule has 0 bridgehead atoms. The fourth-order valence-corrected chi connectivity index (χ4v) is 0.502. The molecule has 0 aromatic carbocycles. The summed E-state index contributed by atoms with van der Waals surface area (Å²) in [6, 6.07) is 1.28. The molecule has 0 aliphatic carbocycles. The van der Waals surface area contributed by atoms with Crippen LogP contribution in [0, 0.1) is 11.3 Å². The minimum absolute atomic E-state index is 0.0850. The molecule has 0 aliphatic rings. The van der Waals surface area contributed by atoms with Crippen LogP contribution in [0.5, 0.6) is 0 Å². The number of hydrogen-bond acceptors (Lipinski definition) is 5. The quantitative estimate of drug-likeness (QED) is 0.353. The zero-order valence-corrected chi connectivity index (χ0v) is 7.15. The van der Waals surface area contributed by atoms with E-state index >= 15 is 0 Å². The Bertz CT molecular complexity index is 253. The van der Waals surface area contributed by atoms with Gasteiger partial charge < -0.3 is 9.47 Å². The van der Waals surface area contributed by atoms with Gasteiger partial charge in [-0.15, -0.1) is 0 Å². The Morgan fingerprint density at radius 3 is 2.77 bits per heavy atom. The highest BCUT2D eigenvalue weighted by Crippen LogP contribution is 1.93. The topological polar surface area (TPSA) is 76.4 Å². The molecule has 5 heteroatoms. The van der Waals surface area contributed by atoms with E-state index in [1.807, 2.05) is 0 Å². The molecule has 0 fully saturated rings. The van der Waals surface area contributed by atoms with Crippen LogP contribution in [-0.2, 0) is 19.1 Å². The molecule has 0 aromatic rings. The van der Waals surface area contributed by atoms with Gasteiger partial charge >= 0.3 is 11.9 Å². The summed E-state index contributed by atoms with van der Waals surface area (Å²) < 4.78 is 9.04. The monoisotopic (exact) mass is 183 g/mol. The molecule has 5 nitrogen and oxygen atoms in total. The van der Waals surface area contributed by atoms with E-state index in [2.05, 4.69) is 16.1 Å². The standard InChI is InChI=1S/C8H9NO4/c1-3-7(10)12-5-6(2)13-8(11)4-9/h3,6H,1,5H2,2H3. The van der Waals surface area contributed by atoms with Crippen molar-refractivity contribution in [2.45, 2.75) is 13.0 Å². The number of ether oxygens (including phenoxy) is 2. The van der Waals surface area contributed by atoms with Gasteiger partial charge in [0.15, 0.2) is 6.07 Å². The molecule has 70 valence electrons. The van der Waals surface area contributed by atoms with Gasteiger partial charge in [-0.2, -0.15) is 5.26 Å². The lowest BCUT2D eigenvalue weighted by Crippen LogP contribution is -2.20. The van der Waals surface area contributed by atoms with E-state index in [-0.39, 0.29) is 6.61 Å². The molecule has 0 aromatic heterocycles. The second-order valence-corrected chi connectivity index (χ2v) is 2.16. The number of carbonyl (C=O) groups excluding carboxylic acids is 2. The summed E-state index contributed by atoms with van der Waals surface area (Å²) >= 11 is 0. The first kappa shape index (κ1) is 11.2. The van der Waals surface area contributed by atoms with Crippen molar-refractivity contribution >= 4 is 11.9 Å². The predicted molar refractivity (Wildman–Crippen MR) is 42.3 cm³/mol. The van der Waals surface area contributed by atoms with Crippen LogP contribution in [0.15, 0.2) is 12.7 Å². The molecule has 1 atom stereocenters. The largest absolute Gasteiger partial charge is 0.459 e. The summed E-state index contributed by atoms with van der Waals surface area (Å²) in [6.45, 7) is 4.60. The van der Waals surface area contributed by atoms with Gasteiger partial charge in [0.05, 0.1) is 0 Å². The second-order valence-electron chi connectivity index (χ2n) is 2.16. The molecule has 1 unspecified atom stereocenters. The van der Waals surface area contributed by atoms with Crippen LogP contribution in [0.3, 0.4) is 0 Å². The van der Waals surface area contributed by atoms with E-state index in [4.69, 9.17) is 5.26 Å². The van der Waals surface area contributed by atoms with E-state index in [9.17, 15) is 9.59 Å². The van der Waals surface area contributed by atoms with E-state index in [1.54, 1.807) is 0 Å². The molecule has 0 heterocycles. The van der Waals surface area contributed by atoms with Gasteiger partial charge in [-0.25, -0.2) is 9.59 Å². The molecular weight excluding hydrogens is 174 g/mol. The average molecular weight is 183 g/mol. The molecular formula is C8H9NO4. The minimum Gasteiger partial charge on any atom is -0.459 e. The maximum Gasteiger partial charge on any atom is 0.411 e. The molecule has 0 N–H and O–H groups in total. The molecule has 0 radical (unpaired) electrons. The molecule has 0 amide bonds. The smallest absolute Gasteiger partial charge is 0.411 e. The van der Waals surface area contributed by atoms with Gasteiger partial charge in [0, 0.05) is 6.08 Å². The van der Waals surface area contributed by atoms with Crippen LogP contribution in [0.2, 0.25) is 0 Å². The van der Waals surface area contributed by atoms with E-state index < -0.39 is 18.0 Å². The van der Waals surface area contributed by atoms with Gasteiger partial charge in [-0.3, -0.25) is 0 Å². The lowest BCUT2D eigenvalue weighted by atomic mass is 10.4. The van der Waals surface area contributed by atoms with Gasteiger partial charge in [-0.05, 0) is 6.92 Å². The third kappa shape index (κ3) is 5.44. The van der Waals surface area contributed by atoms with Crippen LogP contribution >= 0.6 is 0 Å². The van der Waals surface area contributed by atoms with Gasteiger partial charge in [-0.1, -0.05) is 6.58 Å². The van der Waals surface area contributed by atoms with Crippen LogP contribution < -0.4 is 0 Å². The Labute approximate surface area is 75.5 Å². The number of esters is 2. The SMILES string of the molecule is C=CC(=O)OCC(C)OC(=O)C#N. The fraction of sp³-hybridized carbons (Fsp3) is 0.375. The van der Waals surface area contributed by atoms with Crippen molar-refractivity contribution in [1.29, 1.82) is 5.26 Å². The van der Waals surface area contributed by atoms with E-state index in [0.29, 0.717) is 0 Å². The lowest BCUT2D eigenvalue weighted by Gasteiger charge is -2.09. The normalized spacial score (nSPS) is 10.8. The number of carbonyl (C=O) groups is 2. The van der Waals surface area contributed by atoms with Crippen LogP contribution in [0.1, 0.15) is 6.92 Å². The van der Waals surface area contributed by atoms with Crippen LogP contribution in [-0.4, -0.2) is 24.6 Å². The summed E-state index contributed by atoms with van der Waals surface area (Å²) in [5, 5.41) is 8.06. The van der Waals surface area contributed by atoms with Crippen LogP contribution in [0.25, 0.3) is 0 Å². The Kier molecular flexibility index (Phi) is 4.96. The van der Waals surface area contributed by atoms with Crippen molar-refractivity contribution in [1.82, 2.24) is 0 Å². The highest BCUT2D eigenvalue weighted by atomic mass is 16.6. The van der Waals surface area contributed by atoms with Crippen molar-refractivity contribution < 1.29 is 19.1 Å². The highest BCUT2D eigenvalue weighted by molar-refractivity contribution is 5.85. The fourth-order valence-electron chi connectivity index (χ4n) is 0.502. The molecule has 0 aliphatic heterocycles. The van der Waals surface area contributed by atoms with Crippen molar-refractivity contribution in [3.63, 3.8) is 0 Å². The van der Waals surface area contributed by atoms with Crippen molar-refractivity contribution in [3.8, 4) is 6.07 Å². The third-order valence-corrected chi connectivity index (χ3v) is 1.03. The van der Waals surface area contributed by atoms with E-state index in [1.165, 1.54) is 13.0 Å². The minimum atomic E-state index is -0.998. The first-order valence-corrected chi connectivity index (χ1v) is 3.50. The van der Waals surface area contributed by atoms with Crippen molar-refractivity contribution in [2.75, 3.05) is 6.61 Å². The summed E-state index contributed by atoms with van der Waals surface area (Å²) in [7, 11) is 0. The van der Waals surface area contributed by atoms with Gasteiger partial charge in [0.1, 0.15) is 12.7 Å².